The highest BCUT2D eigenvalue weighted by Crippen LogP contribution is 2.70. The number of hydrogen-bond donors (Lipinski definition) is 1. The second kappa shape index (κ2) is 6.87. The molecule has 1 aromatic rings. The van der Waals surface area contributed by atoms with Crippen LogP contribution in [-0.4, -0.2) is 17.6 Å². The normalized spacial score (nSPS) is 43.5. The number of benzene rings is 1. The summed E-state index contributed by atoms with van der Waals surface area (Å²) in [7, 11) is 0. The molecule has 8 aliphatic rings. The first-order valence-corrected chi connectivity index (χ1v) is 12.4. The molecule has 0 aromatic heterocycles. The van der Waals surface area contributed by atoms with E-state index in [4.69, 9.17) is 4.74 Å². The molecule has 1 aromatic carbocycles. The third-order valence-electron chi connectivity index (χ3n) is 10.4. The van der Waals surface area contributed by atoms with Crippen molar-refractivity contribution in [1.29, 1.82) is 0 Å². The zero-order chi connectivity index (χ0) is 23.2. The van der Waals surface area contributed by atoms with E-state index < -0.39 is 17.3 Å². The van der Waals surface area contributed by atoms with Gasteiger partial charge in [-0.05, 0) is 98.8 Å². The smallest absolute Gasteiger partial charge is 0.357 e. The number of ether oxygens (including phenoxy) is 1. The summed E-state index contributed by atoms with van der Waals surface area (Å²) >= 11 is 0. The summed E-state index contributed by atoms with van der Waals surface area (Å²) < 4.78 is 45.8. The lowest BCUT2D eigenvalue weighted by atomic mass is 9.46. The number of carbonyl (C=O) groups is 1. The van der Waals surface area contributed by atoms with Gasteiger partial charge in [-0.1, -0.05) is 25.5 Å². The number of fused-ring (bicyclic) bond motifs is 1. The maximum Gasteiger partial charge on any atom is 0.416 e. The van der Waals surface area contributed by atoms with Crippen LogP contribution in [0.25, 0.3) is 0 Å². The quantitative estimate of drug-likeness (QED) is 0.497. The van der Waals surface area contributed by atoms with E-state index in [2.05, 4.69) is 25.2 Å². The molecule has 4 heterocycles. The highest BCUT2D eigenvalue weighted by atomic mass is 19.4. The van der Waals surface area contributed by atoms with Crippen LogP contribution in [0.2, 0.25) is 0 Å². The van der Waals surface area contributed by atoms with Crippen molar-refractivity contribution in [2.24, 2.45) is 28.6 Å². The van der Waals surface area contributed by atoms with Gasteiger partial charge in [-0.2, -0.15) is 13.2 Å². The lowest BCUT2D eigenvalue weighted by Crippen LogP contribution is -2.62. The molecule has 0 spiro atoms. The molecular weight excluding hydrogens is 427 g/mol. The van der Waals surface area contributed by atoms with Gasteiger partial charge in [0.25, 0.3) is 5.91 Å². The summed E-state index contributed by atoms with van der Waals surface area (Å²) in [4.78, 5) is 13.9. The Balaban J connectivity index is 1.38. The standard InChI is InChI=1S/C27H32F3NO2/c1-24-12-9-19-15-17(24)5-8-20-21(24)10-13-25(2)22(20)11-14-26(25,33-19)23(32)31-18-6-3-16(4-7-18)27(28,29)30/h3-4,6-7,15,19-22H,5,8-14H2,1-2H3,(H,31,32)/t19?,20-,21?,22-,24-,25-,26?/m0/s1. The number of nitrogens with one attached hydrogen (secondary N) is 1. The Hall–Kier alpha value is -1.82. The summed E-state index contributed by atoms with van der Waals surface area (Å²) in [5, 5.41) is 2.96. The molecule has 5 fully saturated rings. The van der Waals surface area contributed by atoms with Gasteiger partial charge in [-0.15, -0.1) is 0 Å². The zero-order valence-corrected chi connectivity index (χ0v) is 19.3. The first kappa shape index (κ1) is 21.7. The highest BCUT2D eigenvalue weighted by molar-refractivity contribution is 5.98. The molecular formula is C27H32F3NO2. The summed E-state index contributed by atoms with van der Waals surface area (Å²) in [6.45, 7) is 4.72. The van der Waals surface area contributed by atoms with Gasteiger partial charge < -0.3 is 10.1 Å². The third-order valence-corrected chi connectivity index (χ3v) is 10.4. The van der Waals surface area contributed by atoms with Gasteiger partial charge in [0.15, 0.2) is 5.60 Å². The molecule has 1 amide bonds. The molecule has 33 heavy (non-hydrogen) atoms. The van der Waals surface area contributed by atoms with E-state index in [9.17, 15) is 18.0 Å². The monoisotopic (exact) mass is 459 g/mol. The Morgan fingerprint density at radius 1 is 1.00 bits per heavy atom. The minimum atomic E-state index is -4.40. The molecule has 4 aliphatic heterocycles. The summed E-state index contributed by atoms with van der Waals surface area (Å²) in [5.41, 5.74) is 0.271. The van der Waals surface area contributed by atoms with Gasteiger partial charge in [0, 0.05) is 11.1 Å². The summed E-state index contributed by atoms with van der Waals surface area (Å²) in [5.74, 6) is 1.56. The predicted octanol–water partition coefficient (Wildman–Crippen LogP) is 6.74. The number of rotatable bonds is 2. The lowest BCUT2D eigenvalue weighted by Gasteiger charge is -2.61. The topological polar surface area (TPSA) is 38.3 Å². The van der Waals surface area contributed by atoms with Crippen LogP contribution in [0, 0.1) is 28.6 Å². The van der Waals surface area contributed by atoms with Crippen LogP contribution < -0.4 is 5.32 Å². The van der Waals surface area contributed by atoms with Gasteiger partial charge in [-0.3, -0.25) is 4.79 Å². The number of hydrogen-bond acceptors (Lipinski definition) is 2. The van der Waals surface area contributed by atoms with E-state index in [1.165, 1.54) is 24.1 Å². The number of halogens is 3. The number of carbonyl (C=O) groups excluding carboxylic acids is 1. The fourth-order valence-corrected chi connectivity index (χ4v) is 8.64. The molecule has 0 radical (unpaired) electrons. The van der Waals surface area contributed by atoms with Crippen LogP contribution in [0.15, 0.2) is 35.9 Å². The van der Waals surface area contributed by atoms with Crippen LogP contribution in [-0.2, 0) is 15.7 Å². The van der Waals surface area contributed by atoms with Crippen molar-refractivity contribution < 1.29 is 22.7 Å². The largest absolute Gasteiger partial charge is 0.416 e. The first-order chi connectivity index (χ1) is 15.6. The van der Waals surface area contributed by atoms with E-state index in [1.807, 2.05) is 0 Å². The lowest BCUT2D eigenvalue weighted by molar-refractivity contribution is -0.194. The van der Waals surface area contributed by atoms with Crippen LogP contribution in [0.3, 0.4) is 0 Å². The molecule has 2 saturated heterocycles. The molecule has 178 valence electrons. The molecule has 8 bridgehead atoms. The SMILES string of the molecule is C[C@]12CCC3C=C1CC[C@H]1C2CC[C@@]2(C)[C@H]1CCC2(C(=O)Nc1ccc(C(F)(F)F)cc1)O3. The fourth-order valence-electron chi connectivity index (χ4n) is 8.64. The molecule has 6 heteroatoms. The highest BCUT2D eigenvalue weighted by Gasteiger charge is 2.69. The van der Waals surface area contributed by atoms with Gasteiger partial charge in [0.2, 0.25) is 0 Å². The Morgan fingerprint density at radius 2 is 1.73 bits per heavy atom. The van der Waals surface area contributed by atoms with Crippen LogP contribution in [0.1, 0.15) is 70.8 Å². The Morgan fingerprint density at radius 3 is 2.45 bits per heavy atom. The van der Waals surface area contributed by atoms with Crippen LogP contribution >= 0.6 is 0 Å². The second-order valence-electron chi connectivity index (χ2n) is 11.6. The van der Waals surface area contributed by atoms with E-state index in [1.54, 1.807) is 0 Å². The molecule has 3 saturated carbocycles. The Bertz CT molecular complexity index is 1020. The Labute approximate surface area is 193 Å². The van der Waals surface area contributed by atoms with Crippen molar-refractivity contribution in [3.8, 4) is 0 Å². The van der Waals surface area contributed by atoms with Gasteiger partial charge >= 0.3 is 6.18 Å². The number of anilines is 1. The molecule has 9 rings (SSSR count). The molecule has 3 unspecified atom stereocenters. The second-order valence-corrected chi connectivity index (χ2v) is 11.6. The van der Waals surface area contributed by atoms with E-state index in [-0.39, 0.29) is 22.8 Å². The molecule has 1 N–H and O–H groups in total. The van der Waals surface area contributed by atoms with Crippen molar-refractivity contribution in [3.05, 3.63) is 41.5 Å². The van der Waals surface area contributed by atoms with E-state index >= 15 is 0 Å². The van der Waals surface area contributed by atoms with E-state index in [0.29, 0.717) is 29.9 Å². The van der Waals surface area contributed by atoms with Crippen molar-refractivity contribution >= 4 is 11.6 Å². The maximum atomic E-state index is 13.9. The minimum Gasteiger partial charge on any atom is -0.357 e. The van der Waals surface area contributed by atoms with Crippen LogP contribution in [0.5, 0.6) is 0 Å². The molecule has 7 atom stereocenters. The average molecular weight is 460 g/mol. The zero-order valence-electron chi connectivity index (χ0n) is 19.3. The van der Waals surface area contributed by atoms with Crippen molar-refractivity contribution in [3.63, 3.8) is 0 Å². The summed E-state index contributed by atoms with van der Waals surface area (Å²) in [6.07, 6.45) is 6.00. The number of alkyl halides is 3. The predicted molar refractivity (Wildman–Crippen MR) is 119 cm³/mol. The minimum absolute atomic E-state index is 0.0714. The number of allylic oxidation sites excluding steroid dienone is 1. The number of amides is 1. The van der Waals surface area contributed by atoms with Gasteiger partial charge in [0.1, 0.15) is 0 Å². The third kappa shape index (κ3) is 2.88. The van der Waals surface area contributed by atoms with Gasteiger partial charge in [0.05, 0.1) is 11.7 Å². The molecule has 4 aliphatic carbocycles. The van der Waals surface area contributed by atoms with Crippen LogP contribution in [0.4, 0.5) is 18.9 Å². The fraction of sp³-hybridized carbons (Fsp3) is 0.667. The van der Waals surface area contributed by atoms with Crippen molar-refractivity contribution in [1.82, 2.24) is 0 Å². The maximum absolute atomic E-state index is 13.9. The Kier molecular flexibility index (Phi) is 4.51. The van der Waals surface area contributed by atoms with Crippen molar-refractivity contribution in [2.75, 3.05) is 5.32 Å². The summed E-state index contributed by atoms with van der Waals surface area (Å²) in [6, 6.07) is 4.74. The van der Waals surface area contributed by atoms with Crippen molar-refractivity contribution in [2.45, 2.75) is 83.1 Å². The first-order valence-electron chi connectivity index (χ1n) is 12.4. The van der Waals surface area contributed by atoms with E-state index in [0.717, 1.165) is 50.7 Å². The average Bonchev–Trinajstić information content (AvgIpc) is 3.04. The molecule has 3 nitrogen and oxygen atoms in total. The van der Waals surface area contributed by atoms with Gasteiger partial charge in [-0.25, -0.2) is 0 Å².